The van der Waals surface area contributed by atoms with Gasteiger partial charge in [-0.2, -0.15) is 0 Å². The SMILES string of the molecule is NC[C@@H]1CCN(C(=O)c2cnc(C34CC5CC(CC(C5)C3)C4)[nH]c2=O)C1. The number of likely N-dealkylation sites (tertiary alicyclic amines) is 1. The quantitative estimate of drug-likeness (QED) is 0.861. The Hall–Kier alpha value is -1.69. The Morgan fingerprint density at radius 1 is 1.23 bits per heavy atom. The van der Waals surface area contributed by atoms with E-state index < -0.39 is 0 Å². The molecule has 0 spiro atoms. The lowest BCUT2D eigenvalue weighted by Crippen LogP contribution is -2.50. The molecule has 6 nitrogen and oxygen atoms in total. The van der Waals surface area contributed by atoms with Crippen LogP contribution in [0.5, 0.6) is 0 Å². The lowest BCUT2D eigenvalue weighted by atomic mass is 9.49. The zero-order valence-corrected chi connectivity index (χ0v) is 15.2. The molecule has 1 amide bonds. The summed E-state index contributed by atoms with van der Waals surface area (Å²) in [5.74, 6) is 3.37. The largest absolute Gasteiger partial charge is 0.338 e. The van der Waals surface area contributed by atoms with Crippen LogP contribution in [0.15, 0.2) is 11.0 Å². The number of hydrogen-bond donors (Lipinski definition) is 2. The van der Waals surface area contributed by atoms with Crippen LogP contribution in [-0.4, -0.2) is 40.4 Å². The maximum atomic E-state index is 12.7. The van der Waals surface area contributed by atoms with E-state index in [4.69, 9.17) is 5.73 Å². The van der Waals surface area contributed by atoms with Gasteiger partial charge in [-0.3, -0.25) is 9.59 Å². The summed E-state index contributed by atoms with van der Waals surface area (Å²) >= 11 is 0. The fourth-order valence-electron chi connectivity index (χ4n) is 6.60. The number of nitrogens with zero attached hydrogens (tertiary/aromatic N) is 2. The molecule has 2 heterocycles. The highest BCUT2D eigenvalue weighted by atomic mass is 16.2. The second kappa shape index (κ2) is 5.91. The van der Waals surface area contributed by atoms with Gasteiger partial charge in [0.25, 0.3) is 11.5 Å². The number of amides is 1. The molecule has 1 aromatic rings. The maximum Gasteiger partial charge on any atom is 0.263 e. The van der Waals surface area contributed by atoms with Crippen molar-refractivity contribution in [2.45, 2.75) is 50.4 Å². The highest BCUT2D eigenvalue weighted by molar-refractivity contribution is 5.93. The van der Waals surface area contributed by atoms with Gasteiger partial charge in [0.15, 0.2) is 0 Å². The summed E-state index contributed by atoms with van der Waals surface area (Å²) in [5, 5.41) is 0. The number of rotatable bonds is 3. The van der Waals surface area contributed by atoms with Crippen LogP contribution < -0.4 is 11.3 Å². The summed E-state index contributed by atoms with van der Waals surface area (Å²) < 4.78 is 0. The minimum absolute atomic E-state index is 0.0494. The van der Waals surface area contributed by atoms with E-state index in [0.717, 1.165) is 49.3 Å². The second-order valence-electron chi connectivity index (χ2n) is 9.31. The molecule has 26 heavy (non-hydrogen) atoms. The van der Waals surface area contributed by atoms with Crippen LogP contribution in [0.3, 0.4) is 0 Å². The molecule has 1 atom stereocenters. The first-order valence-electron chi connectivity index (χ1n) is 10.2. The van der Waals surface area contributed by atoms with E-state index in [9.17, 15) is 9.59 Å². The summed E-state index contributed by atoms with van der Waals surface area (Å²) in [7, 11) is 0. The minimum atomic E-state index is -0.271. The predicted octanol–water partition coefficient (Wildman–Crippen LogP) is 1.66. The standard InChI is InChI=1S/C20H28N4O2/c21-9-12-1-2-24(11-12)18(26)16-10-22-19(23-17(16)25)20-6-13-3-14(7-20)5-15(4-13)8-20/h10,12-15H,1-9,11,21H2,(H,22,23,25)/t12-,13?,14?,15?,20?/m0/s1. The summed E-state index contributed by atoms with van der Waals surface area (Å²) in [5.41, 5.74) is 5.67. The molecule has 4 aliphatic carbocycles. The zero-order chi connectivity index (χ0) is 17.9. The van der Waals surface area contributed by atoms with E-state index in [0.29, 0.717) is 25.6 Å². The lowest BCUT2D eigenvalue weighted by molar-refractivity contribution is -0.00954. The van der Waals surface area contributed by atoms with Gasteiger partial charge >= 0.3 is 0 Å². The van der Waals surface area contributed by atoms with Crippen molar-refractivity contribution in [3.05, 3.63) is 27.9 Å². The highest BCUT2D eigenvalue weighted by Gasteiger charge is 2.53. The molecular formula is C20H28N4O2. The molecule has 4 saturated carbocycles. The molecule has 1 aromatic heterocycles. The molecule has 1 aliphatic heterocycles. The number of carbonyl (C=O) groups is 1. The van der Waals surface area contributed by atoms with Gasteiger partial charge in [0.1, 0.15) is 11.4 Å². The van der Waals surface area contributed by atoms with Crippen molar-refractivity contribution < 1.29 is 4.79 Å². The zero-order valence-electron chi connectivity index (χ0n) is 15.2. The number of nitrogens with one attached hydrogen (secondary N) is 1. The number of aromatic nitrogens is 2. The fourth-order valence-corrected chi connectivity index (χ4v) is 6.60. The van der Waals surface area contributed by atoms with Crippen LogP contribution in [0.25, 0.3) is 0 Å². The first kappa shape index (κ1) is 16.5. The molecule has 1 saturated heterocycles. The van der Waals surface area contributed by atoms with Gasteiger partial charge in [-0.25, -0.2) is 4.98 Å². The second-order valence-corrected chi connectivity index (χ2v) is 9.31. The molecule has 0 radical (unpaired) electrons. The Bertz CT molecular complexity index is 751. The van der Waals surface area contributed by atoms with Gasteiger partial charge in [0, 0.05) is 24.7 Å². The summed E-state index contributed by atoms with van der Waals surface area (Å²) in [6.45, 7) is 1.91. The van der Waals surface area contributed by atoms with Crippen molar-refractivity contribution in [3.63, 3.8) is 0 Å². The van der Waals surface area contributed by atoms with Gasteiger partial charge < -0.3 is 15.6 Å². The molecule has 3 N–H and O–H groups in total. The molecular weight excluding hydrogens is 328 g/mol. The molecule has 6 heteroatoms. The molecule has 6 rings (SSSR count). The van der Waals surface area contributed by atoms with Crippen LogP contribution in [0.4, 0.5) is 0 Å². The van der Waals surface area contributed by atoms with Crippen LogP contribution in [0, 0.1) is 23.7 Å². The van der Waals surface area contributed by atoms with E-state index in [1.54, 1.807) is 4.90 Å². The normalized spacial score (nSPS) is 38.1. The number of aromatic amines is 1. The van der Waals surface area contributed by atoms with Crippen molar-refractivity contribution in [1.29, 1.82) is 0 Å². The third kappa shape index (κ3) is 2.53. The van der Waals surface area contributed by atoms with Crippen molar-refractivity contribution in [3.8, 4) is 0 Å². The molecule has 4 bridgehead atoms. The number of H-pyrrole nitrogens is 1. The number of nitrogens with two attached hydrogens (primary N) is 1. The molecule has 5 aliphatic rings. The Labute approximate surface area is 153 Å². The van der Waals surface area contributed by atoms with Crippen LogP contribution in [0.1, 0.15) is 61.1 Å². The average molecular weight is 356 g/mol. The smallest absolute Gasteiger partial charge is 0.263 e. The Morgan fingerprint density at radius 3 is 2.42 bits per heavy atom. The van der Waals surface area contributed by atoms with Gasteiger partial charge in [0.2, 0.25) is 0 Å². The van der Waals surface area contributed by atoms with Crippen molar-refractivity contribution in [2.75, 3.05) is 19.6 Å². The van der Waals surface area contributed by atoms with E-state index in [-0.39, 0.29) is 22.4 Å². The number of hydrogen-bond acceptors (Lipinski definition) is 4. The lowest BCUT2D eigenvalue weighted by Gasteiger charge is -2.56. The predicted molar refractivity (Wildman–Crippen MR) is 97.8 cm³/mol. The van der Waals surface area contributed by atoms with Gasteiger partial charge in [-0.15, -0.1) is 0 Å². The topological polar surface area (TPSA) is 92.1 Å². The molecule has 0 unspecified atom stereocenters. The average Bonchev–Trinajstić information content (AvgIpc) is 3.09. The monoisotopic (exact) mass is 356 g/mol. The van der Waals surface area contributed by atoms with Crippen LogP contribution in [-0.2, 0) is 5.41 Å². The van der Waals surface area contributed by atoms with Gasteiger partial charge in [-0.05, 0) is 75.2 Å². The molecule has 140 valence electrons. The van der Waals surface area contributed by atoms with E-state index in [1.165, 1.54) is 25.5 Å². The Balaban J connectivity index is 1.41. The van der Waals surface area contributed by atoms with Crippen molar-refractivity contribution in [1.82, 2.24) is 14.9 Å². The van der Waals surface area contributed by atoms with Crippen molar-refractivity contribution in [2.24, 2.45) is 29.4 Å². The Morgan fingerprint density at radius 2 is 1.88 bits per heavy atom. The molecule has 5 fully saturated rings. The van der Waals surface area contributed by atoms with E-state index in [2.05, 4.69) is 9.97 Å². The van der Waals surface area contributed by atoms with Gasteiger partial charge in [-0.1, -0.05) is 0 Å². The van der Waals surface area contributed by atoms with E-state index in [1.807, 2.05) is 0 Å². The fraction of sp³-hybridized carbons (Fsp3) is 0.750. The maximum absolute atomic E-state index is 12.7. The summed E-state index contributed by atoms with van der Waals surface area (Å²) in [6.07, 6.45) is 9.98. The third-order valence-corrected chi connectivity index (χ3v) is 7.48. The van der Waals surface area contributed by atoms with Gasteiger partial charge in [0.05, 0.1) is 0 Å². The van der Waals surface area contributed by atoms with Crippen LogP contribution in [0.2, 0.25) is 0 Å². The van der Waals surface area contributed by atoms with Crippen LogP contribution >= 0.6 is 0 Å². The first-order valence-corrected chi connectivity index (χ1v) is 10.2. The summed E-state index contributed by atoms with van der Waals surface area (Å²) in [6, 6.07) is 0. The highest BCUT2D eigenvalue weighted by Crippen LogP contribution is 2.59. The Kier molecular flexibility index (Phi) is 3.75. The molecule has 0 aromatic carbocycles. The van der Waals surface area contributed by atoms with Crippen molar-refractivity contribution >= 4 is 5.91 Å². The van der Waals surface area contributed by atoms with E-state index >= 15 is 0 Å². The number of carbonyl (C=O) groups excluding carboxylic acids is 1. The first-order chi connectivity index (χ1) is 12.6. The minimum Gasteiger partial charge on any atom is -0.338 e. The summed E-state index contributed by atoms with van der Waals surface area (Å²) in [4.78, 5) is 34.8. The third-order valence-electron chi connectivity index (χ3n) is 7.48.